The lowest BCUT2D eigenvalue weighted by molar-refractivity contribution is -0.123. The minimum atomic E-state index is -3.11. The first-order chi connectivity index (χ1) is 11.5. The molecule has 1 unspecified atom stereocenters. The zero-order valence-corrected chi connectivity index (χ0v) is 16.6. The van der Waals surface area contributed by atoms with Gasteiger partial charge in [-0.3, -0.25) is 9.79 Å². The van der Waals surface area contributed by atoms with Crippen LogP contribution in [0.1, 0.15) is 52.9 Å². The number of allylic oxidation sites excluding steroid dienone is 1. The summed E-state index contributed by atoms with van der Waals surface area (Å²) in [6.45, 7) is 7.15. The number of sulfonamides is 1. The predicted molar refractivity (Wildman–Crippen MR) is 101 cm³/mol. The molecule has 6 nitrogen and oxygen atoms in total. The van der Waals surface area contributed by atoms with E-state index in [0.717, 1.165) is 24.8 Å². The van der Waals surface area contributed by atoms with E-state index in [-0.39, 0.29) is 5.78 Å². The largest absolute Gasteiger partial charge is 0.384 e. The molecule has 0 radical (unpaired) electrons. The van der Waals surface area contributed by atoms with Gasteiger partial charge >= 0.3 is 0 Å². The van der Waals surface area contributed by atoms with Crippen LogP contribution in [0.5, 0.6) is 0 Å². The van der Waals surface area contributed by atoms with Crippen LogP contribution in [0.15, 0.2) is 16.6 Å². The van der Waals surface area contributed by atoms with Gasteiger partial charge < -0.3 is 5.73 Å². The molecular weight excluding hydrogens is 338 g/mol. The lowest BCUT2D eigenvalue weighted by Crippen LogP contribution is -2.38. The van der Waals surface area contributed by atoms with E-state index in [1.54, 1.807) is 0 Å². The van der Waals surface area contributed by atoms with Gasteiger partial charge in [0.05, 0.1) is 6.26 Å². The van der Waals surface area contributed by atoms with Gasteiger partial charge in [-0.25, -0.2) is 12.7 Å². The molecule has 0 spiro atoms. The molecule has 1 saturated heterocycles. The third-order valence-corrected chi connectivity index (χ3v) is 6.42. The van der Waals surface area contributed by atoms with Gasteiger partial charge in [0.1, 0.15) is 11.4 Å². The summed E-state index contributed by atoms with van der Waals surface area (Å²) < 4.78 is 24.8. The molecule has 0 amide bonds. The maximum Gasteiger partial charge on any atom is 0.211 e. The summed E-state index contributed by atoms with van der Waals surface area (Å²) in [6, 6.07) is 0. The molecule has 2 rings (SSSR count). The second kappa shape index (κ2) is 7.58. The van der Waals surface area contributed by atoms with Gasteiger partial charge in [0, 0.05) is 19.5 Å². The van der Waals surface area contributed by atoms with Crippen LogP contribution >= 0.6 is 0 Å². The number of carbonyl (C=O) groups is 1. The summed E-state index contributed by atoms with van der Waals surface area (Å²) in [4.78, 5) is 17.3. The number of amidine groups is 1. The number of nitrogens with zero attached hydrogens (tertiary/aromatic N) is 2. The summed E-state index contributed by atoms with van der Waals surface area (Å²) >= 11 is 0. The maximum absolute atomic E-state index is 12.8. The van der Waals surface area contributed by atoms with Crippen LogP contribution in [-0.2, 0) is 14.8 Å². The van der Waals surface area contributed by atoms with Crippen LogP contribution < -0.4 is 5.73 Å². The molecule has 2 N–H and O–H groups in total. The highest BCUT2D eigenvalue weighted by molar-refractivity contribution is 7.88. The van der Waals surface area contributed by atoms with Gasteiger partial charge in [-0.05, 0) is 50.5 Å². The molecular formula is C18H31N3O3S. The fourth-order valence-corrected chi connectivity index (χ4v) is 4.81. The van der Waals surface area contributed by atoms with Gasteiger partial charge in [-0.1, -0.05) is 19.4 Å². The summed E-state index contributed by atoms with van der Waals surface area (Å²) in [7, 11) is -3.11. The minimum Gasteiger partial charge on any atom is -0.384 e. The summed E-state index contributed by atoms with van der Waals surface area (Å²) in [5.74, 6) is 1.31. The van der Waals surface area contributed by atoms with E-state index in [0.29, 0.717) is 43.6 Å². The second-order valence-corrected chi connectivity index (χ2v) is 10.1. The van der Waals surface area contributed by atoms with E-state index in [1.807, 2.05) is 13.0 Å². The van der Waals surface area contributed by atoms with Gasteiger partial charge in [0.2, 0.25) is 10.0 Å². The Kier molecular flexibility index (Phi) is 6.09. The lowest BCUT2D eigenvalue weighted by Gasteiger charge is -2.30. The highest BCUT2D eigenvalue weighted by Crippen LogP contribution is 2.32. The number of rotatable bonds is 5. The first-order valence-corrected chi connectivity index (χ1v) is 10.9. The lowest BCUT2D eigenvalue weighted by atomic mass is 9.83. The number of nitrogens with two attached hydrogens (primary N) is 1. The standard InChI is InChI=1S/C18H31N3O3S/c1-13(2)12-18(3)16(22)10-15(11-17(19)20-18)9-14-5-7-21(8-6-14)25(4,23)24/h11,13-14H,5-10,12H2,1-4H3,(H2,19,20). The Morgan fingerprint density at radius 3 is 2.48 bits per heavy atom. The molecule has 0 aromatic heterocycles. The zero-order chi connectivity index (χ0) is 18.8. The van der Waals surface area contributed by atoms with Crippen LogP contribution in [0.25, 0.3) is 0 Å². The van der Waals surface area contributed by atoms with Crippen molar-refractivity contribution in [3.63, 3.8) is 0 Å². The molecule has 0 aromatic carbocycles. The van der Waals surface area contributed by atoms with E-state index >= 15 is 0 Å². The molecule has 2 heterocycles. The smallest absolute Gasteiger partial charge is 0.211 e. The number of carbonyl (C=O) groups excluding carboxylic acids is 1. The number of aliphatic imine (C=N–C) groups is 1. The summed E-state index contributed by atoms with van der Waals surface area (Å²) in [5, 5.41) is 0. The third kappa shape index (κ3) is 5.38. The van der Waals surface area contributed by atoms with E-state index in [9.17, 15) is 13.2 Å². The molecule has 25 heavy (non-hydrogen) atoms. The van der Waals surface area contributed by atoms with Crippen molar-refractivity contribution in [1.29, 1.82) is 0 Å². The zero-order valence-electron chi connectivity index (χ0n) is 15.8. The SMILES string of the molecule is CC(C)CC1(C)N=C(N)C=C(CC2CCN(S(C)(=O)=O)CC2)CC1=O. The maximum atomic E-state index is 12.8. The Morgan fingerprint density at radius 2 is 1.96 bits per heavy atom. The second-order valence-electron chi connectivity index (χ2n) is 8.12. The van der Waals surface area contributed by atoms with Crippen molar-refractivity contribution in [3.05, 3.63) is 11.6 Å². The third-order valence-electron chi connectivity index (χ3n) is 5.12. The number of piperidine rings is 1. The first kappa shape index (κ1) is 20.1. The Labute approximate surface area is 151 Å². The fourth-order valence-electron chi connectivity index (χ4n) is 3.94. The molecule has 7 heteroatoms. The Hall–Kier alpha value is -1.21. The van der Waals surface area contributed by atoms with Crippen molar-refractivity contribution in [2.45, 2.75) is 58.4 Å². The highest BCUT2D eigenvalue weighted by Gasteiger charge is 2.36. The average Bonchev–Trinajstić information content (AvgIpc) is 2.54. The number of Topliss-reactive ketones (excluding diaryl/α,β-unsaturated/α-hetero) is 1. The topological polar surface area (TPSA) is 92.8 Å². The van der Waals surface area contributed by atoms with Crippen molar-refractivity contribution in [1.82, 2.24) is 4.31 Å². The number of hydrogen-bond donors (Lipinski definition) is 1. The first-order valence-electron chi connectivity index (χ1n) is 9.03. The fraction of sp³-hybridized carbons (Fsp3) is 0.778. The average molecular weight is 370 g/mol. The van der Waals surface area contributed by atoms with E-state index in [4.69, 9.17) is 5.73 Å². The van der Waals surface area contributed by atoms with Crippen LogP contribution in [0.4, 0.5) is 0 Å². The molecule has 1 atom stereocenters. The molecule has 0 aliphatic carbocycles. The molecule has 2 aliphatic rings. The normalized spacial score (nSPS) is 27.2. The summed E-state index contributed by atoms with van der Waals surface area (Å²) in [6.07, 6.45) is 6.62. The van der Waals surface area contributed by atoms with Gasteiger partial charge in [0.25, 0.3) is 0 Å². The van der Waals surface area contributed by atoms with Crippen molar-refractivity contribution in [2.24, 2.45) is 22.6 Å². The molecule has 0 bridgehead atoms. The van der Waals surface area contributed by atoms with E-state index < -0.39 is 15.6 Å². The van der Waals surface area contributed by atoms with Crippen LogP contribution in [-0.4, -0.2) is 49.2 Å². The molecule has 0 saturated carbocycles. The van der Waals surface area contributed by atoms with E-state index in [1.165, 1.54) is 10.6 Å². The van der Waals surface area contributed by atoms with Gasteiger partial charge in [0.15, 0.2) is 5.78 Å². The van der Waals surface area contributed by atoms with E-state index in [2.05, 4.69) is 18.8 Å². The summed E-state index contributed by atoms with van der Waals surface area (Å²) in [5.41, 5.74) is 6.34. The van der Waals surface area contributed by atoms with Crippen molar-refractivity contribution < 1.29 is 13.2 Å². The van der Waals surface area contributed by atoms with Gasteiger partial charge in [-0.15, -0.1) is 0 Å². The predicted octanol–water partition coefficient (Wildman–Crippen LogP) is 2.11. The molecule has 142 valence electrons. The number of ketones is 1. The highest BCUT2D eigenvalue weighted by atomic mass is 32.2. The molecule has 0 aromatic rings. The number of hydrogen-bond acceptors (Lipinski definition) is 5. The molecule has 2 aliphatic heterocycles. The van der Waals surface area contributed by atoms with Crippen LogP contribution in [0.3, 0.4) is 0 Å². The minimum absolute atomic E-state index is 0.126. The van der Waals surface area contributed by atoms with Crippen LogP contribution in [0.2, 0.25) is 0 Å². The Bertz CT molecular complexity index is 674. The van der Waals surface area contributed by atoms with Crippen molar-refractivity contribution in [2.75, 3.05) is 19.3 Å². The van der Waals surface area contributed by atoms with Crippen LogP contribution in [0, 0.1) is 11.8 Å². The van der Waals surface area contributed by atoms with Crippen molar-refractivity contribution >= 4 is 21.6 Å². The monoisotopic (exact) mass is 369 g/mol. The molecule has 1 fully saturated rings. The quantitative estimate of drug-likeness (QED) is 0.803. The van der Waals surface area contributed by atoms with Crippen molar-refractivity contribution in [3.8, 4) is 0 Å². The Balaban J connectivity index is 2.01. The Morgan fingerprint density at radius 1 is 1.36 bits per heavy atom. The van der Waals surface area contributed by atoms with Gasteiger partial charge in [-0.2, -0.15) is 0 Å².